The largest absolute Gasteiger partial charge is 0.388 e. The maximum atomic E-state index is 14.0. The van der Waals surface area contributed by atoms with Crippen LogP contribution in [0.2, 0.25) is 0 Å². The van der Waals surface area contributed by atoms with Gasteiger partial charge in [0.2, 0.25) is 0 Å². The van der Waals surface area contributed by atoms with E-state index in [-0.39, 0.29) is 11.7 Å². The second-order valence-corrected chi connectivity index (χ2v) is 7.76. The molecule has 0 saturated heterocycles. The van der Waals surface area contributed by atoms with E-state index in [1.807, 2.05) is 73.7 Å². The highest BCUT2D eigenvalue weighted by atomic mass is 19.1. The number of hydrogen-bond donors (Lipinski definition) is 1. The zero-order chi connectivity index (χ0) is 21.8. The van der Waals surface area contributed by atoms with Gasteiger partial charge in [-0.1, -0.05) is 72.3 Å². The number of benzene rings is 3. The number of hydrogen-bond acceptors (Lipinski definition) is 2. The summed E-state index contributed by atoms with van der Waals surface area (Å²) in [5.74, 6) is -0.531. The summed E-state index contributed by atoms with van der Waals surface area (Å²) in [6, 6.07) is 23.6. The number of amides is 1. The molecule has 31 heavy (non-hydrogen) atoms. The second-order valence-electron chi connectivity index (χ2n) is 7.76. The molecule has 4 rings (SSSR count). The molecule has 1 aliphatic heterocycles. The predicted molar refractivity (Wildman–Crippen MR) is 122 cm³/mol. The van der Waals surface area contributed by atoms with Gasteiger partial charge in [-0.3, -0.25) is 4.79 Å². The number of halogens is 1. The van der Waals surface area contributed by atoms with Crippen molar-refractivity contribution in [1.82, 2.24) is 0 Å². The number of nitrogens with zero attached hydrogens (tertiary/aromatic N) is 1. The highest BCUT2D eigenvalue weighted by molar-refractivity contribution is 6.32. The van der Waals surface area contributed by atoms with E-state index in [0.29, 0.717) is 29.8 Å². The summed E-state index contributed by atoms with van der Waals surface area (Å²) < 4.78 is 14.0. The molecule has 0 aliphatic carbocycles. The lowest BCUT2D eigenvalue weighted by Gasteiger charge is -2.17. The first kappa shape index (κ1) is 20.8. The van der Waals surface area contributed by atoms with Crippen molar-refractivity contribution in [3.8, 4) is 0 Å². The molecule has 1 heterocycles. The van der Waals surface area contributed by atoms with E-state index in [1.54, 1.807) is 17.0 Å². The molecular formula is C27H24FNO2. The van der Waals surface area contributed by atoms with Crippen molar-refractivity contribution in [2.75, 3.05) is 4.90 Å². The summed E-state index contributed by atoms with van der Waals surface area (Å²) in [5.41, 5.74) is 4.53. The summed E-state index contributed by atoms with van der Waals surface area (Å²) in [6.07, 6.45) is 3.40. The summed E-state index contributed by atoms with van der Waals surface area (Å²) >= 11 is 0. The number of carbonyl (C=O) groups is 1. The van der Waals surface area contributed by atoms with Crippen molar-refractivity contribution in [2.45, 2.75) is 26.0 Å². The molecule has 1 N–H and O–H groups in total. The van der Waals surface area contributed by atoms with Crippen LogP contribution in [0.15, 0.2) is 96.6 Å². The van der Waals surface area contributed by atoms with Crippen molar-refractivity contribution < 1.29 is 14.3 Å². The van der Waals surface area contributed by atoms with Gasteiger partial charge in [-0.15, -0.1) is 0 Å². The lowest BCUT2D eigenvalue weighted by atomic mass is 10.0. The Morgan fingerprint density at radius 2 is 1.71 bits per heavy atom. The molecule has 0 unspecified atom stereocenters. The van der Waals surface area contributed by atoms with Gasteiger partial charge in [0.1, 0.15) is 5.82 Å². The van der Waals surface area contributed by atoms with Crippen molar-refractivity contribution >= 4 is 17.2 Å². The lowest BCUT2D eigenvalue weighted by Crippen LogP contribution is -2.25. The van der Waals surface area contributed by atoms with E-state index in [1.165, 1.54) is 12.1 Å². The fourth-order valence-electron chi connectivity index (χ4n) is 3.81. The SMILES string of the molecule is C/C(=C\C=C1\C(=O)N(Cc2ccccc2)c2ccc(F)cc21)C[C@@H](O)c1ccccc1. The van der Waals surface area contributed by atoms with Gasteiger partial charge < -0.3 is 10.0 Å². The molecular weight excluding hydrogens is 389 g/mol. The summed E-state index contributed by atoms with van der Waals surface area (Å²) in [6.45, 7) is 2.34. The highest BCUT2D eigenvalue weighted by Gasteiger charge is 2.32. The van der Waals surface area contributed by atoms with E-state index >= 15 is 0 Å². The molecule has 3 aromatic carbocycles. The maximum Gasteiger partial charge on any atom is 0.259 e. The molecule has 0 bridgehead atoms. The number of aliphatic hydroxyl groups excluding tert-OH is 1. The predicted octanol–water partition coefficient (Wildman–Crippen LogP) is 5.83. The Bertz CT molecular complexity index is 1140. The number of fused-ring (bicyclic) bond motifs is 1. The van der Waals surface area contributed by atoms with Crippen LogP contribution in [0.1, 0.15) is 36.1 Å². The van der Waals surface area contributed by atoms with Crippen LogP contribution in [0.5, 0.6) is 0 Å². The van der Waals surface area contributed by atoms with Crippen molar-refractivity contribution in [2.24, 2.45) is 0 Å². The van der Waals surface area contributed by atoms with E-state index in [9.17, 15) is 14.3 Å². The van der Waals surface area contributed by atoms with E-state index in [4.69, 9.17) is 0 Å². The monoisotopic (exact) mass is 413 g/mol. The molecule has 0 aromatic heterocycles. The minimum atomic E-state index is -0.616. The smallest absolute Gasteiger partial charge is 0.259 e. The summed E-state index contributed by atoms with van der Waals surface area (Å²) in [5, 5.41) is 10.4. The van der Waals surface area contributed by atoms with Gasteiger partial charge in [-0.2, -0.15) is 0 Å². The Labute approximate surface area is 181 Å². The van der Waals surface area contributed by atoms with Gasteiger partial charge in [0.05, 0.1) is 18.3 Å². The topological polar surface area (TPSA) is 40.5 Å². The quantitative estimate of drug-likeness (QED) is 0.517. The molecule has 3 aromatic rings. The van der Waals surface area contributed by atoms with Crippen LogP contribution < -0.4 is 4.90 Å². The molecule has 0 radical (unpaired) electrons. The number of rotatable bonds is 6. The normalized spacial score (nSPS) is 16.0. The number of allylic oxidation sites excluding steroid dienone is 2. The van der Waals surface area contributed by atoms with Crippen LogP contribution in [-0.4, -0.2) is 11.0 Å². The fourth-order valence-corrected chi connectivity index (χ4v) is 3.81. The third-order valence-electron chi connectivity index (χ3n) is 5.43. The van der Waals surface area contributed by atoms with E-state index in [2.05, 4.69) is 0 Å². The molecule has 0 spiro atoms. The van der Waals surface area contributed by atoms with Crippen LogP contribution >= 0.6 is 0 Å². The highest BCUT2D eigenvalue weighted by Crippen LogP contribution is 2.38. The minimum absolute atomic E-state index is 0.155. The van der Waals surface area contributed by atoms with Crippen LogP contribution in [0, 0.1) is 5.82 Å². The van der Waals surface area contributed by atoms with Crippen LogP contribution in [0.25, 0.3) is 5.57 Å². The van der Waals surface area contributed by atoms with E-state index < -0.39 is 6.10 Å². The van der Waals surface area contributed by atoms with Crippen LogP contribution in [-0.2, 0) is 11.3 Å². The molecule has 4 heteroatoms. The van der Waals surface area contributed by atoms with Crippen LogP contribution in [0.4, 0.5) is 10.1 Å². The van der Waals surface area contributed by atoms with Gasteiger partial charge in [-0.25, -0.2) is 4.39 Å². The first-order valence-electron chi connectivity index (χ1n) is 10.3. The first-order valence-corrected chi connectivity index (χ1v) is 10.3. The standard InChI is InChI=1S/C27H24FNO2/c1-19(16-26(30)21-10-6-3-7-11-21)12-14-23-24-17-22(28)13-15-25(24)29(27(23)31)18-20-8-4-2-5-9-20/h2-15,17,26,30H,16,18H2,1H3/b19-12+,23-14+/t26-/m1/s1. The molecule has 1 amide bonds. The van der Waals surface area contributed by atoms with E-state index in [0.717, 1.165) is 16.7 Å². The maximum absolute atomic E-state index is 14.0. The van der Waals surface area contributed by atoms with Crippen LogP contribution in [0.3, 0.4) is 0 Å². The van der Waals surface area contributed by atoms with Gasteiger partial charge >= 0.3 is 0 Å². The Kier molecular flexibility index (Phi) is 6.10. The third-order valence-corrected chi connectivity index (χ3v) is 5.43. The van der Waals surface area contributed by atoms with Crippen molar-refractivity contribution in [1.29, 1.82) is 0 Å². The molecule has 3 nitrogen and oxygen atoms in total. The Morgan fingerprint density at radius 3 is 2.42 bits per heavy atom. The molecule has 1 atom stereocenters. The fraction of sp³-hybridized carbons (Fsp3) is 0.148. The van der Waals surface area contributed by atoms with Gasteiger partial charge in [0, 0.05) is 11.1 Å². The molecule has 0 saturated carbocycles. The third kappa shape index (κ3) is 4.65. The Hall–Kier alpha value is -3.50. The molecule has 156 valence electrons. The summed E-state index contributed by atoms with van der Waals surface area (Å²) in [7, 11) is 0. The van der Waals surface area contributed by atoms with Gasteiger partial charge in [0.25, 0.3) is 5.91 Å². The molecule has 1 aliphatic rings. The zero-order valence-electron chi connectivity index (χ0n) is 17.3. The average Bonchev–Trinajstić information content (AvgIpc) is 3.03. The average molecular weight is 413 g/mol. The Morgan fingerprint density at radius 1 is 1.03 bits per heavy atom. The zero-order valence-corrected chi connectivity index (χ0v) is 17.3. The first-order chi connectivity index (χ1) is 15.0. The Balaban J connectivity index is 1.60. The minimum Gasteiger partial charge on any atom is -0.388 e. The number of carbonyl (C=O) groups excluding carboxylic acids is 1. The van der Waals surface area contributed by atoms with Crippen molar-refractivity contribution in [3.63, 3.8) is 0 Å². The number of anilines is 1. The van der Waals surface area contributed by atoms with Gasteiger partial charge in [-0.05, 0) is 48.7 Å². The van der Waals surface area contributed by atoms with Gasteiger partial charge in [0.15, 0.2) is 0 Å². The molecule has 0 fully saturated rings. The van der Waals surface area contributed by atoms with Crippen molar-refractivity contribution in [3.05, 3.63) is 119 Å². The second kappa shape index (κ2) is 9.11. The summed E-state index contributed by atoms with van der Waals surface area (Å²) in [4.78, 5) is 14.9. The lowest BCUT2D eigenvalue weighted by molar-refractivity contribution is -0.113. The number of aliphatic hydroxyl groups is 1.